The number of benzene rings is 1. The van der Waals surface area contributed by atoms with E-state index in [0.717, 1.165) is 17.7 Å². The number of hydrogen-bond donors (Lipinski definition) is 2. The van der Waals surface area contributed by atoms with E-state index in [0.29, 0.717) is 18.5 Å². The fourth-order valence-corrected chi connectivity index (χ4v) is 2.39. The monoisotopic (exact) mass is 341 g/mol. The summed E-state index contributed by atoms with van der Waals surface area (Å²) in [5, 5.41) is 5.38. The van der Waals surface area contributed by atoms with Gasteiger partial charge in [0.15, 0.2) is 0 Å². The minimum absolute atomic E-state index is 0.180. The SMILES string of the molecule is O=C(Nc1ccc(C(=O)N(CC(F)(F)F)C2CC2)cc1)NC1CC1. The molecule has 0 unspecified atom stereocenters. The van der Waals surface area contributed by atoms with Crippen molar-refractivity contribution in [2.45, 2.75) is 43.9 Å². The summed E-state index contributed by atoms with van der Waals surface area (Å²) >= 11 is 0. The highest BCUT2D eigenvalue weighted by Gasteiger charge is 2.40. The van der Waals surface area contributed by atoms with Gasteiger partial charge in [-0.1, -0.05) is 0 Å². The van der Waals surface area contributed by atoms with E-state index in [1.54, 1.807) is 0 Å². The standard InChI is InChI=1S/C16H18F3N3O2/c17-16(18,19)9-22(13-7-8-13)14(23)10-1-3-11(4-2-10)20-15(24)21-12-5-6-12/h1-4,12-13H,5-9H2,(H2,20,21,24). The zero-order valence-electron chi connectivity index (χ0n) is 12.9. The molecule has 2 fully saturated rings. The van der Waals surface area contributed by atoms with Crippen molar-refractivity contribution < 1.29 is 22.8 Å². The van der Waals surface area contributed by atoms with Gasteiger partial charge in [0.2, 0.25) is 0 Å². The van der Waals surface area contributed by atoms with Crippen LogP contribution in [0.3, 0.4) is 0 Å². The largest absolute Gasteiger partial charge is 0.406 e. The average Bonchev–Trinajstić information content (AvgIpc) is 3.37. The Kier molecular flexibility index (Phi) is 4.38. The Bertz CT molecular complexity index is 622. The molecule has 0 aliphatic heterocycles. The molecule has 0 radical (unpaired) electrons. The van der Waals surface area contributed by atoms with Gasteiger partial charge < -0.3 is 15.5 Å². The lowest BCUT2D eigenvalue weighted by atomic mass is 10.1. The summed E-state index contributed by atoms with van der Waals surface area (Å²) in [7, 11) is 0. The molecule has 5 nitrogen and oxygen atoms in total. The van der Waals surface area contributed by atoms with Gasteiger partial charge in [0.1, 0.15) is 6.54 Å². The first-order chi connectivity index (χ1) is 11.3. The first-order valence-electron chi connectivity index (χ1n) is 7.87. The smallest absolute Gasteiger partial charge is 0.335 e. The normalized spacial score (nSPS) is 17.3. The van der Waals surface area contributed by atoms with Crippen molar-refractivity contribution in [3.63, 3.8) is 0 Å². The number of amides is 3. The summed E-state index contributed by atoms with van der Waals surface area (Å²) in [5.74, 6) is -0.635. The Balaban J connectivity index is 1.62. The van der Waals surface area contributed by atoms with Gasteiger partial charge in [-0.05, 0) is 49.9 Å². The van der Waals surface area contributed by atoms with Crippen molar-refractivity contribution in [1.82, 2.24) is 10.2 Å². The van der Waals surface area contributed by atoms with Crippen molar-refractivity contribution in [3.05, 3.63) is 29.8 Å². The highest BCUT2D eigenvalue weighted by Crippen LogP contribution is 2.31. The predicted octanol–water partition coefficient (Wildman–Crippen LogP) is 3.14. The maximum absolute atomic E-state index is 12.6. The molecule has 0 heterocycles. The quantitative estimate of drug-likeness (QED) is 0.864. The topological polar surface area (TPSA) is 61.4 Å². The van der Waals surface area contributed by atoms with Gasteiger partial charge in [0.25, 0.3) is 5.91 Å². The maximum Gasteiger partial charge on any atom is 0.406 e. The van der Waals surface area contributed by atoms with E-state index in [1.807, 2.05) is 0 Å². The van der Waals surface area contributed by atoms with Crippen LogP contribution in [-0.2, 0) is 0 Å². The number of anilines is 1. The molecule has 0 bridgehead atoms. The molecule has 2 saturated carbocycles. The van der Waals surface area contributed by atoms with Crippen molar-refractivity contribution in [3.8, 4) is 0 Å². The third kappa shape index (κ3) is 4.62. The van der Waals surface area contributed by atoms with Crippen molar-refractivity contribution in [1.29, 1.82) is 0 Å². The molecule has 0 spiro atoms. The lowest BCUT2D eigenvalue weighted by Crippen LogP contribution is -2.40. The summed E-state index contributed by atoms with van der Waals surface area (Å²) in [4.78, 5) is 24.8. The van der Waals surface area contributed by atoms with E-state index in [9.17, 15) is 22.8 Å². The fourth-order valence-electron chi connectivity index (χ4n) is 2.39. The van der Waals surface area contributed by atoms with Gasteiger partial charge in [0, 0.05) is 23.3 Å². The van der Waals surface area contributed by atoms with E-state index >= 15 is 0 Å². The van der Waals surface area contributed by atoms with Crippen LogP contribution in [0.2, 0.25) is 0 Å². The number of urea groups is 1. The second-order valence-corrected chi connectivity index (χ2v) is 6.23. The summed E-state index contributed by atoms with van der Waals surface area (Å²) < 4.78 is 37.9. The fraction of sp³-hybridized carbons (Fsp3) is 0.500. The number of nitrogens with zero attached hydrogens (tertiary/aromatic N) is 1. The van der Waals surface area contributed by atoms with Gasteiger partial charge in [-0.15, -0.1) is 0 Å². The number of nitrogens with one attached hydrogen (secondary N) is 2. The highest BCUT2D eigenvalue weighted by atomic mass is 19.4. The molecule has 1 aromatic rings. The van der Waals surface area contributed by atoms with Crippen molar-refractivity contribution in [2.24, 2.45) is 0 Å². The second-order valence-electron chi connectivity index (χ2n) is 6.23. The first-order valence-corrected chi connectivity index (χ1v) is 7.87. The molecule has 8 heteroatoms. The van der Waals surface area contributed by atoms with Crippen LogP contribution < -0.4 is 10.6 Å². The van der Waals surface area contributed by atoms with E-state index < -0.39 is 18.6 Å². The predicted molar refractivity (Wildman–Crippen MR) is 81.7 cm³/mol. The van der Waals surface area contributed by atoms with Gasteiger partial charge in [0.05, 0.1) is 0 Å². The first kappa shape index (κ1) is 16.6. The van der Waals surface area contributed by atoms with Crippen molar-refractivity contribution >= 4 is 17.6 Å². The summed E-state index contributed by atoms with van der Waals surface area (Å²) in [6.07, 6.45) is -1.28. The molecule has 2 aliphatic rings. The lowest BCUT2D eigenvalue weighted by molar-refractivity contribution is -0.141. The molecule has 2 aliphatic carbocycles. The zero-order chi connectivity index (χ0) is 17.3. The van der Waals surface area contributed by atoms with Crippen LogP contribution in [0.4, 0.5) is 23.7 Å². The Morgan fingerprint density at radius 2 is 1.71 bits per heavy atom. The molecular weight excluding hydrogens is 323 g/mol. The molecule has 3 rings (SSSR count). The molecular formula is C16H18F3N3O2. The Hall–Kier alpha value is -2.25. The van der Waals surface area contributed by atoms with Crippen LogP contribution in [0.5, 0.6) is 0 Å². The second kappa shape index (κ2) is 6.33. The summed E-state index contributed by atoms with van der Waals surface area (Å²) in [5.41, 5.74) is 0.665. The number of carbonyl (C=O) groups is 2. The number of halogens is 3. The molecule has 24 heavy (non-hydrogen) atoms. The number of carbonyl (C=O) groups excluding carboxylic acids is 2. The van der Waals surface area contributed by atoms with E-state index in [2.05, 4.69) is 10.6 Å². The van der Waals surface area contributed by atoms with Crippen LogP contribution in [0.1, 0.15) is 36.0 Å². The molecule has 0 saturated heterocycles. The van der Waals surface area contributed by atoms with Crippen LogP contribution in [0.25, 0.3) is 0 Å². The van der Waals surface area contributed by atoms with Crippen LogP contribution in [0, 0.1) is 0 Å². The van der Waals surface area contributed by atoms with E-state index in [1.165, 1.54) is 24.3 Å². The third-order valence-corrected chi connectivity index (χ3v) is 3.90. The van der Waals surface area contributed by atoms with Crippen LogP contribution in [-0.4, -0.2) is 41.6 Å². The molecule has 0 aromatic heterocycles. The van der Waals surface area contributed by atoms with Gasteiger partial charge in [-0.2, -0.15) is 13.2 Å². The van der Waals surface area contributed by atoms with E-state index in [-0.39, 0.29) is 23.7 Å². The molecule has 0 atom stereocenters. The molecule has 130 valence electrons. The van der Waals surface area contributed by atoms with Crippen molar-refractivity contribution in [2.75, 3.05) is 11.9 Å². The Labute approximate surface area is 137 Å². The summed E-state index contributed by atoms with van der Waals surface area (Å²) in [6, 6.07) is 5.45. The Morgan fingerprint density at radius 3 is 2.21 bits per heavy atom. The highest BCUT2D eigenvalue weighted by molar-refractivity contribution is 5.96. The molecule has 1 aromatic carbocycles. The maximum atomic E-state index is 12.6. The minimum Gasteiger partial charge on any atom is -0.335 e. The summed E-state index contributed by atoms with van der Waals surface area (Å²) in [6.45, 7) is -1.24. The van der Waals surface area contributed by atoms with Crippen LogP contribution >= 0.6 is 0 Å². The lowest BCUT2D eigenvalue weighted by Gasteiger charge is -2.23. The van der Waals surface area contributed by atoms with Gasteiger partial charge in [-0.3, -0.25) is 4.79 Å². The van der Waals surface area contributed by atoms with Gasteiger partial charge >= 0.3 is 12.2 Å². The number of rotatable bonds is 5. The Morgan fingerprint density at radius 1 is 1.08 bits per heavy atom. The van der Waals surface area contributed by atoms with Crippen LogP contribution in [0.15, 0.2) is 24.3 Å². The average molecular weight is 341 g/mol. The van der Waals surface area contributed by atoms with E-state index in [4.69, 9.17) is 0 Å². The third-order valence-electron chi connectivity index (χ3n) is 3.90. The molecule has 3 amide bonds. The number of hydrogen-bond acceptors (Lipinski definition) is 2. The minimum atomic E-state index is -4.42. The zero-order valence-corrected chi connectivity index (χ0v) is 12.9. The number of alkyl halides is 3. The molecule has 2 N–H and O–H groups in total. The van der Waals surface area contributed by atoms with Gasteiger partial charge in [-0.25, -0.2) is 4.79 Å².